The third kappa shape index (κ3) is 5.06. The normalized spacial score (nSPS) is 11.3. The molecule has 2 heterocycles. The van der Waals surface area contributed by atoms with Crippen molar-refractivity contribution in [3.8, 4) is 0 Å². The Bertz CT molecular complexity index is 1020. The van der Waals surface area contributed by atoms with E-state index in [0.29, 0.717) is 11.6 Å². The fourth-order valence-electron chi connectivity index (χ4n) is 3.11. The first-order valence-corrected chi connectivity index (χ1v) is 10.3. The maximum Gasteiger partial charge on any atom is 0.228 e. The van der Waals surface area contributed by atoms with Gasteiger partial charge in [0.1, 0.15) is 5.82 Å². The van der Waals surface area contributed by atoms with Crippen molar-refractivity contribution < 1.29 is 9.18 Å². The van der Waals surface area contributed by atoms with Crippen molar-refractivity contribution in [3.63, 3.8) is 0 Å². The van der Waals surface area contributed by atoms with Crippen LogP contribution in [-0.4, -0.2) is 25.2 Å². The Morgan fingerprint density at radius 1 is 1.31 bits per heavy atom. The third-order valence-corrected chi connectivity index (χ3v) is 5.75. The lowest BCUT2D eigenvalue weighted by Gasteiger charge is -2.12. The van der Waals surface area contributed by atoms with Crippen LogP contribution in [0.4, 0.5) is 10.1 Å². The van der Waals surface area contributed by atoms with E-state index in [1.54, 1.807) is 12.3 Å². The van der Waals surface area contributed by atoms with Crippen LogP contribution in [0.2, 0.25) is 0 Å². The van der Waals surface area contributed by atoms with Gasteiger partial charge in [-0.2, -0.15) is 5.10 Å². The molecule has 1 N–H and O–H groups in total. The predicted octanol–water partition coefficient (Wildman–Crippen LogP) is 4.36. The molecule has 0 atom stereocenters. The number of amides is 1. The Morgan fingerprint density at radius 2 is 2.07 bits per heavy atom. The lowest BCUT2D eigenvalue weighted by molar-refractivity contribution is -0.115. The summed E-state index contributed by atoms with van der Waals surface area (Å²) < 4.78 is 17.7. The Kier molecular flexibility index (Phi) is 6.42. The molecule has 0 bridgehead atoms. The summed E-state index contributed by atoms with van der Waals surface area (Å²) in [6.45, 7) is 8.97. The summed E-state index contributed by atoms with van der Waals surface area (Å²) in [5.41, 5.74) is 3.19. The van der Waals surface area contributed by atoms with Gasteiger partial charge in [-0.25, -0.2) is 9.37 Å². The van der Waals surface area contributed by atoms with Gasteiger partial charge in [-0.05, 0) is 49.7 Å². The van der Waals surface area contributed by atoms with E-state index in [4.69, 9.17) is 0 Å². The lowest BCUT2D eigenvalue weighted by atomic mass is 10.1. The molecule has 0 saturated carbocycles. The average molecular weight is 416 g/mol. The average Bonchev–Trinajstić information content (AvgIpc) is 3.15. The van der Waals surface area contributed by atoms with Crippen molar-refractivity contribution >= 4 is 23.4 Å². The lowest BCUT2D eigenvalue weighted by Crippen LogP contribution is -2.16. The number of carbonyl (C=O) groups is 1. The van der Waals surface area contributed by atoms with E-state index < -0.39 is 5.82 Å². The van der Waals surface area contributed by atoms with Crippen molar-refractivity contribution in [2.24, 2.45) is 13.0 Å². The Labute approximate surface area is 174 Å². The van der Waals surface area contributed by atoms with E-state index in [2.05, 4.69) is 29.2 Å². The van der Waals surface area contributed by atoms with Gasteiger partial charge in [0.05, 0.1) is 17.8 Å². The Morgan fingerprint density at radius 3 is 2.72 bits per heavy atom. The molecular formula is C21H26FN5OS. The molecule has 0 aliphatic carbocycles. The number of nitrogens with zero attached hydrogens (tertiary/aromatic N) is 4. The van der Waals surface area contributed by atoms with Crippen LogP contribution < -0.4 is 5.32 Å². The molecule has 0 aliphatic rings. The zero-order valence-corrected chi connectivity index (χ0v) is 18.2. The van der Waals surface area contributed by atoms with Crippen molar-refractivity contribution in [2.75, 3.05) is 5.32 Å². The van der Waals surface area contributed by atoms with Crippen molar-refractivity contribution in [2.45, 2.75) is 50.7 Å². The number of aromatic nitrogens is 4. The van der Waals surface area contributed by atoms with Crippen LogP contribution >= 0.6 is 11.8 Å². The van der Waals surface area contributed by atoms with E-state index in [9.17, 15) is 9.18 Å². The number of halogens is 1. The van der Waals surface area contributed by atoms with Crippen LogP contribution in [0.15, 0.2) is 40.6 Å². The van der Waals surface area contributed by atoms with E-state index in [1.807, 2.05) is 36.3 Å². The number of rotatable bonds is 7. The minimum Gasteiger partial charge on any atom is -0.329 e. The molecule has 0 saturated heterocycles. The van der Waals surface area contributed by atoms with Gasteiger partial charge in [0.2, 0.25) is 5.91 Å². The zero-order valence-electron chi connectivity index (χ0n) is 17.4. The fourth-order valence-corrected chi connectivity index (χ4v) is 3.98. The topological polar surface area (TPSA) is 64.7 Å². The molecule has 6 nitrogen and oxygen atoms in total. The van der Waals surface area contributed by atoms with Gasteiger partial charge in [0, 0.05) is 42.1 Å². The molecule has 0 unspecified atom stereocenters. The first-order valence-electron chi connectivity index (χ1n) is 9.52. The second kappa shape index (κ2) is 8.82. The summed E-state index contributed by atoms with van der Waals surface area (Å²) in [6.07, 6.45) is 3.73. The molecule has 2 aromatic heterocycles. The van der Waals surface area contributed by atoms with Crippen molar-refractivity contribution in [1.82, 2.24) is 19.3 Å². The first-order chi connectivity index (χ1) is 13.7. The van der Waals surface area contributed by atoms with E-state index in [0.717, 1.165) is 33.5 Å². The Balaban J connectivity index is 1.78. The van der Waals surface area contributed by atoms with Gasteiger partial charge in [-0.3, -0.25) is 9.48 Å². The van der Waals surface area contributed by atoms with Crippen LogP contribution in [0.1, 0.15) is 30.8 Å². The molecule has 1 amide bonds. The number of hydrogen-bond acceptors (Lipinski definition) is 4. The standard InChI is InChI=1S/C21H26FN5OS/c1-13(2)12-27-15(4)17(14(3)25-27)11-20(28)24-18-10-16(22)6-7-19(18)29-21-23-8-9-26(21)5/h6-10,13H,11-12H2,1-5H3,(H,24,28). The maximum atomic E-state index is 13.8. The number of carbonyl (C=O) groups excluding carboxylic acids is 1. The molecule has 3 aromatic rings. The number of hydrogen-bond donors (Lipinski definition) is 1. The van der Waals surface area contributed by atoms with Crippen LogP contribution in [0.25, 0.3) is 0 Å². The second-order valence-electron chi connectivity index (χ2n) is 7.51. The van der Waals surface area contributed by atoms with Crippen LogP contribution in [0.3, 0.4) is 0 Å². The van der Waals surface area contributed by atoms with Crippen molar-refractivity contribution in [3.05, 3.63) is 53.4 Å². The van der Waals surface area contributed by atoms with E-state index in [-0.39, 0.29) is 12.3 Å². The predicted molar refractivity (Wildman–Crippen MR) is 113 cm³/mol. The molecule has 29 heavy (non-hydrogen) atoms. The molecule has 1 aromatic carbocycles. The highest BCUT2D eigenvalue weighted by Gasteiger charge is 2.17. The molecule has 0 aliphatic heterocycles. The number of aryl methyl sites for hydroxylation is 2. The van der Waals surface area contributed by atoms with Crippen LogP contribution in [0, 0.1) is 25.6 Å². The summed E-state index contributed by atoms with van der Waals surface area (Å²) in [5, 5.41) is 8.18. The summed E-state index contributed by atoms with van der Waals surface area (Å²) in [4.78, 5) is 17.8. The first kappa shape index (κ1) is 21.1. The molecule has 8 heteroatoms. The van der Waals surface area contributed by atoms with E-state index in [1.165, 1.54) is 23.9 Å². The van der Waals surface area contributed by atoms with Gasteiger partial charge < -0.3 is 9.88 Å². The molecule has 154 valence electrons. The second-order valence-corrected chi connectivity index (χ2v) is 8.52. The molecule has 0 spiro atoms. The largest absolute Gasteiger partial charge is 0.329 e. The van der Waals surface area contributed by atoms with Gasteiger partial charge >= 0.3 is 0 Å². The highest BCUT2D eigenvalue weighted by atomic mass is 32.2. The third-order valence-electron chi connectivity index (χ3n) is 4.60. The van der Waals surface area contributed by atoms with E-state index >= 15 is 0 Å². The number of anilines is 1. The van der Waals surface area contributed by atoms with Crippen LogP contribution in [-0.2, 0) is 24.8 Å². The minimum absolute atomic E-state index is 0.193. The van der Waals surface area contributed by atoms with Gasteiger partial charge in [-0.15, -0.1) is 0 Å². The van der Waals surface area contributed by atoms with Gasteiger partial charge in [0.25, 0.3) is 0 Å². The SMILES string of the molecule is Cc1nn(CC(C)C)c(C)c1CC(=O)Nc1cc(F)ccc1Sc1nccn1C. The van der Waals surface area contributed by atoms with Crippen molar-refractivity contribution in [1.29, 1.82) is 0 Å². The maximum absolute atomic E-state index is 13.8. The highest BCUT2D eigenvalue weighted by Crippen LogP contribution is 2.33. The summed E-state index contributed by atoms with van der Waals surface area (Å²) >= 11 is 1.38. The highest BCUT2D eigenvalue weighted by molar-refractivity contribution is 7.99. The monoisotopic (exact) mass is 415 g/mol. The number of nitrogens with one attached hydrogen (secondary N) is 1. The fraction of sp³-hybridized carbons (Fsp3) is 0.381. The minimum atomic E-state index is -0.401. The molecule has 3 rings (SSSR count). The summed E-state index contributed by atoms with van der Waals surface area (Å²) in [7, 11) is 1.89. The molecule has 0 fully saturated rings. The quantitative estimate of drug-likeness (QED) is 0.623. The number of benzene rings is 1. The van der Waals surface area contributed by atoms with Crippen LogP contribution in [0.5, 0.6) is 0 Å². The number of imidazole rings is 1. The summed E-state index contributed by atoms with van der Waals surface area (Å²) in [5.74, 6) is -0.137. The Hall–Kier alpha value is -2.61. The molecule has 0 radical (unpaired) electrons. The summed E-state index contributed by atoms with van der Waals surface area (Å²) in [6, 6.07) is 4.37. The zero-order chi connectivity index (χ0) is 21.1. The van der Waals surface area contributed by atoms with Gasteiger partial charge in [-0.1, -0.05) is 13.8 Å². The molecular weight excluding hydrogens is 389 g/mol. The smallest absolute Gasteiger partial charge is 0.228 e. The van der Waals surface area contributed by atoms with Gasteiger partial charge in [0.15, 0.2) is 5.16 Å².